The summed E-state index contributed by atoms with van der Waals surface area (Å²) in [5.41, 5.74) is 1.17. The maximum atomic E-state index is 5.83. The normalized spacial score (nSPS) is 19.3. The summed E-state index contributed by atoms with van der Waals surface area (Å²) >= 11 is 3.41. The molecule has 106 valence electrons. The fraction of sp³-hybridized carbons (Fsp3) is 0.429. The molecule has 1 fully saturated rings. The van der Waals surface area contributed by atoms with Crippen molar-refractivity contribution < 1.29 is 4.74 Å². The number of ether oxygens (including phenoxy) is 1. The average molecular weight is 337 g/mol. The van der Waals surface area contributed by atoms with E-state index in [1.54, 1.807) is 0 Å². The Kier molecular flexibility index (Phi) is 4.03. The van der Waals surface area contributed by atoms with Crippen LogP contribution in [0.4, 0.5) is 5.82 Å². The van der Waals surface area contributed by atoms with Gasteiger partial charge in [-0.05, 0) is 40.5 Å². The molecule has 20 heavy (non-hydrogen) atoms. The fourth-order valence-corrected chi connectivity index (χ4v) is 2.60. The van der Waals surface area contributed by atoms with Crippen molar-refractivity contribution in [3.63, 3.8) is 0 Å². The monoisotopic (exact) mass is 336 g/mol. The molecule has 0 aromatic carbocycles. The highest BCUT2D eigenvalue weighted by Gasteiger charge is 2.22. The lowest BCUT2D eigenvalue weighted by atomic mass is 10.2. The second-order valence-corrected chi connectivity index (χ2v) is 5.93. The average Bonchev–Trinajstić information content (AvgIpc) is 2.85. The molecule has 0 spiro atoms. The zero-order valence-corrected chi connectivity index (χ0v) is 13.0. The molecule has 2 aromatic heterocycles. The van der Waals surface area contributed by atoms with Gasteiger partial charge >= 0.3 is 0 Å². The topological polar surface area (TPSA) is 43.2 Å². The van der Waals surface area contributed by atoms with Gasteiger partial charge in [0, 0.05) is 30.0 Å². The summed E-state index contributed by atoms with van der Waals surface area (Å²) in [5.74, 6) is 0.998. The number of hydrogen-bond donors (Lipinski definition) is 0. The molecule has 1 atom stereocenters. The first-order valence-electron chi connectivity index (χ1n) is 6.68. The third kappa shape index (κ3) is 3.19. The first-order chi connectivity index (χ1) is 9.70. The van der Waals surface area contributed by atoms with E-state index in [-0.39, 0.29) is 6.10 Å². The van der Waals surface area contributed by atoms with Crippen molar-refractivity contribution in [2.24, 2.45) is 0 Å². The summed E-state index contributed by atoms with van der Waals surface area (Å²) in [6, 6.07) is 4.05. The van der Waals surface area contributed by atoms with Gasteiger partial charge in [-0.15, -0.1) is 0 Å². The number of halogens is 1. The van der Waals surface area contributed by atoms with E-state index in [9.17, 15) is 0 Å². The molecule has 6 heteroatoms. The maximum absolute atomic E-state index is 5.83. The SMILES string of the molecule is Cc1cnn(CC2CN(c3ccc(Br)cn3)CCO2)c1. The van der Waals surface area contributed by atoms with Crippen molar-refractivity contribution in [3.8, 4) is 0 Å². The number of morpholine rings is 1. The molecule has 0 bridgehead atoms. The van der Waals surface area contributed by atoms with E-state index in [0.717, 1.165) is 36.5 Å². The van der Waals surface area contributed by atoms with Crippen LogP contribution < -0.4 is 4.90 Å². The Hall–Kier alpha value is -1.40. The van der Waals surface area contributed by atoms with Crippen molar-refractivity contribution in [1.82, 2.24) is 14.8 Å². The maximum Gasteiger partial charge on any atom is 0.128 e. The first-order valence-corrected chi connectivity index (χ1v) is 7.47. The Labute approximate surface area is 126 Å². The molecule has 3 rings (SSSR count). The molecule has 1 unspecified atom stereocenters. The second-order valence-electron chi connectivity index (χ2n) is 5.01. The molecule has 0 amide bonds. The van der Waals surface area contributed by atoms with Gasteiger partial charge in [0.05, 0.1) is 25.5 Å². The van der Waals surface area contributed by atoms with Crippen LogP contribution in [0, 0.1) is 6.92 Å². The molecule has 1 saturated heterocycles. The smallest absolute Gasteiger partial charge is 0.128 e. The minimum Gasteiger partial charge on any atom is -0.373 e. The van der Waals surface area contributed by atoms with Crippen LogP contribution in [-0.4, -0.2) is 40.6 Å². The number of aryl methyl sites for hydroxylation is 1. The molecular weight excluding hydrogens is 320 g/mol. The third-order valence-corrected chi connectivity index (χ3v) is 3.80. The predicted octanol–water partition coefficient (Wildman–Crippen LogP) is 2.25. The Morgan fingerprint density at radius 3 is 3.00 bits per heavy atom. The molecule has 0 aliphatic carbocycles. The van der Waals surface area contributed by atoms with Crippen LogP contribution in [0.5, 0.6) is 0 Å². The van der Waals surface area contributed by atoms with Gasteiger partial charge < -0.3 is 9.64 Å². The molecule has 0 N–H and O–H groups in total. The summed E-state index contributed by atoms with van der Waals surface area (Å²) < 4.78 is 8.77. The highest BCUT2D eigenvalue weighted by Crippen LogP contribution is 2.18. The molecule has 0 saturated carbocycles. The van der Waals surface area contributed by atoms with E-state index in [1.165, 1.54) is 5.56 Å². The predicted molar refractivity (Wildman–Crippen MR) is 80.9 cm³/mol. The summed E-state index contributed by atoms with van der Waals surface area (Å²) in [6.07, 6.45) is 5.89. The van der Waals surface area contributed by atoms with Crippen molar-refractivity contribution in [1.29, 1.82) is 0 Å². The van der Waals surface area contributed by atoms with E-state index in [2.05, 4.69) is 30.9 Å². The largest absolute Gasteiger partial charge is 0.373 e. The van der Waals surface area contributed by atoms with Gasteiger partial charge in [0.2, 0.25) is 0 Å². The molecule has 3 heterocycles. The Morgan fingerprint density at radius 1 is 1.40 bits per heavy atom. The van der Waals surface area contributed by atoms with Crippen LogP contribution in [0.3, 0.4) is 0 Å². The number of aromatic nitrogens is 3. The Balaban J connectivity index is 1.65. The van der Waals surface area contributed by atoms with Crippen LogP contribution >= 0.6 is 15.9 Å². The quantitative estimate of drug-likeness (QED) is 0.862. The lowest BCUT2D eigenvalue weighted by molar-refractivity contribution is 0.0272. The fourth-order valence-electron chi connectivity index (χ4n) is 2.37. The third-order valence-electron chi connectivity index (χ3n) is 3.33. The van der Waals surface area contributed by atoms with Gasteiger partial charge in [-0.2, -0.15) is 5.10 Å². The molecule has 0 radical (unpaired) electrons. The molecular formula is C14H17BrN4O. The molecule has 1 aliphatic heterocycles. The summed E-state index contributed by atoms with van der Waals surface area (Å²) in [4.78, 5) is 6.71. The zero-order valence-electron chi connectivity index (χ0n) is 11.4. The second kappa shape index (κ2) is 5.93. The van der Waals surface area contributed by atoms with Gasteiger partial charge in [-0.3, -0.25) is 4.68 Å². The zero-order chi connectivity index (χ0) is 13.9. The number of hydrogen-bond acceptors (Lipinski definition) is 4. The summed E-state index contributed by atoms with van der Waals surface area (Å²) in [6.45, 7) is 5.27. The van der Waals surface area contributed by atoms with Gasteiger partial charge in [-0.25, -0.2) is 4.98 Å². The highest BCUT2D eigenvalue weighted by molar-refractivity contribution is 9.10. The van der Waals surface area contributed by atoms with Crippen LogP contribution in [-0.2, 0) is 11.3 Å². The minimum atomic E-state index is 0.147. The van der Waals surface area contributed by atoms with Crippen LogP contribution in [0.1, 0.15) is 5.56 Å². The Bertz CT molecular complexity index is 569. The summed E-state index contributed by atoms with van der Waals surface area (Å²) in [7, 11) is 0. The first kappa shape index (κ1) is 13.6. The van der Waals surface area contributed by atoms with Gasteiger partial charge in [0.1, 0.15) is 5.82 Å². The van der Waals surface area contributed by atoms with E-state index in [4.69, 9.17) is 4.74 Å². The van der Waals surface area contributed by atoms with Crippen molar-refractivity contribution in [2.75, 3.05) is 24.6 Å². The van der Waals surface area contributed by atoms with Crippen LogP contribution in [0.25, 0.3) is 0 Å². The van der Waals surface area contributed by atoms with Crippen molar-refractivity contribution in [3.05, 3.63) is 40.8 Å². The van der Waals surface area contributed by atoms with Crippen LogP contribution in [0.2, 0.25) is 0 Å². The van der Waals surface area contributed by atoms with Gasteiger partial charge in [0.25, 0.3) is 0 Å². The highest BCUT2D eigenvalue weighted by atomic mass is 79.9. The van der Waals surface area contributed by atoms with Gasteiger partial charge in [0.15, 0.2) is 0 Å². The number of pyridine rings is 1. The van der Waals surface area contributed by atoms with E-state index < -0.39 is 0 Å². The minimum absolute atomic E-state index is 0.147. The summed E-state index contributed by atoms with van der Waals surface area (Å²) in [5, 5.41) is 4.32. The van der Waals surface area contributed by atoms with E-state index >= 15 is 0 Å². The molecule has 1 aliphatic rings. The molecule has 5 nitrogen and oxygen atoms in total. The lowest BCUT2D eigenvalue weighted by Gasteiger charge is -2.33. The Morgan fingerprint density at radius 2 is 2.30 bits per heavy atom. The van der Waals surface area contributed by atoms with Crippen molar-refractivity contribution >= 4 is 21.7 Å². The van der Waals surface area contributed by atoms with Gasteiger partial charge in [-0.1, -0.05) is 0 Å². The molecule has 2 aromatic rings. The number of rotatable bonds is 3. The van der Waals surface area contributed by atoms with Crippen molar-refractivity contribution in [2.45, 2.75) is 19.6 Å². The number of anilines is 1. The van der Waals surface area contributed by atoms with Crippen LogP contribution in [0.15, 0.2) is 35.2 Å². The van der Waals surface area contributed by atoms with E-state index in [0.29, 0.717) is 0 Å². The number of nitrogens with zero attached hydrogens (tertiary/aromatic N) is 4. The standard InChI is InChI=1S/C14H17BrN4O/c1-11-6-17-19(8-11)10-13-9-18(4-5-20-13)14-3-2-12(15)7-16-14/h2-3,6-8,13H,4-5,9-10H2,1H3. The van der Waals surface area contributed by atoms with E-state index in [1.807, 2.05) is 42.3 Å². The lowest BCUT2D eigenvalue weighted by Crippen LogP contribution is -2.44.